The summed E-state index contributed by atoms with van der Waals surface area (Å²) >= 11 is 0. The van der Waals surface area contributed by atoms with Gasteiger partial charge in [-0.2, -0.15) is 0 Å². The number of hydrogen-bond acceptors (Lipinski definition) is 1. The molecule has 1 N–H and O–H groups in total. The minimum Gasteiger partial charge on any atom is -0.425 e. The average Bonchev–Trinajstić information content (AvgIpc) is 2.30. The van der Waals surface area contributed by atoms with Gasteiger partial charge >= 0.3 is 0 Å². The van der Waals surface area contributed by atoms with Gasteiger partial charge < -0.3 is 4.80 Å². The fourth-order valence-corrected chi connectivity index (χ4v) is 2.58. The number of hydrogen-bond donors (Lipinski definition) is 1. The van der Waals surface area contributed by atoms with Crippen molar-refractivity contribution < 1.29 is 4.80 Å². The minimum absolute atomic E-state index is 0.836. The standard InChI is InChI=1S/C12H8OSi/c13-14(11-7-3-1-4-8-11)12-9-5-2-6-10-12/h1-3,5,7,9,13-14H. The first-order valence-electron chi connectivity index (χ1n) is 4.32. The van der Waals surface area contributed by atoms with E-state index in [0.717, 1.165) is 10.4 Å². The molecule has 0 saturated heterocycles. The number of allylic oxidation sites excluding steroid dienone is 8. The summed E-state index contributed by atoms with van der Waals surface area (Å²) in [5, 5.41) is 1.67. The molecular weight excluding hydrogens is 188 g/mol. The Kier molecular flexibility index (Phi) is 2.51. The molecule has 0 spiro atoms. The largest absolute Gasteiger partial charge is 0.425 e. The topological polar surface area (TPSA) is 20.2 Å². The van der Waals surface area contributed by atoms with Crippen LogP contribution < -0.4 is 0 Å². The van der Waals surface area contributed by atoms with Gasteiger partial charge in [-0.1, -0.05) is 47.2 Å². The fourth-order valence-electron chi connectivity index (χ4n) is 1.22. The summed E-state index contributed by atoms with van der Waals surface area (Å²) in [5.41, 5.74) is 11.5. The van der Waals surface area contributed by atoms with E-state index >= 15 is 0 Å². The zero-order valence-corrected chi connectivity index (χ0v) is 8.64. The molecule has 0 heterocycles. The van der Waals surface area contributed by atoms with E-state index in [1.54, 1.807) is 12.2 Å². The third-order valence-corrected chi connectivity index (χ3v) is 3.78. The van der Waals surface area contributed by atoms with Gasteiger partial charge in [0.25, 0.3) is 9.04 Å². The van der Waals surface area contributed by atoms with Crippen LogP contribution in [-0.4, -0.2) is 13.8 Å². The molecule has 2 aliphatic carbocycles. The van der Waals surface area contributed by atoms with Crippen LogP contribution in [0.4, 0.5) is 0 Å². The van der Waals surface area contributed by atoms with Crippen molar-refractivity contribution in [3.8, 4) is 0 Å². The maximum absolute atomic E-state index is 10.0. The molecule has 2 aliphatic rings. The highest BCUT2D eigenvalue weighted by Gasteiger charge is 2.15. The molecule has 0 aliphatic heterocycles. The maximum atomic E-state index is 10.0. The molecule has 0 bridgehead atoms. The van der Waals surface area contributed by atoms with Gasteiger partial charge in [-0.3, -0.25) is 0 Å². The molecule has 0 saturated carbocycles. The first-order valence-corrected chi connectivity index (χ1v) is 5.99. The van der Waals surface area contributed by atoms with Crippen molar-refractivity contribution in [1.82, 2.24) is 0 Å². The van der Waals surface area contributed by atoms with Crippen molar-refractivity contribution >= 4 is 9.04 Å². The van der Waals surface area contributed by atoms with Crippen LogP contribution in [-0.2, 0) is 0 Å². The first-order chi connectivity index (χ1) is 6.88. The maximum Gasteiger partial charge on any atom is 0.253 e. The Morgan fingerprint density at radius 3 is 1.79 bits per heavy atom. The van der Waals surface area contributed by atoms with Crippen molar-refractivity contribution in [3.05, 3.63) is 69.8 Å². The molecule has 0 unspecified atom stereocenters. The van der Waals surface area contributed by atoms with Crippen molar-refractivity contribution in [3.63, 3.8) is 0 Å². The SMILES string of the molecule is O[SiH](C1=C=C=CC=C1)C1=C=C=CC=C1. The second-order valence-electron chi connectivity index (χ2n) is 2.90. The normalized spacial score (nSPS) is 16.4. The van der Waals surface area contributed by atoms with Crippen LogP contribution in [0.3, 0.4) is 0 Å². The van der Waals surface area contributed by atoms with Crippen LogP contribution >= 0.6 is 0 Å². The van der Waals surface area contributed by atoms with Crippen LogP contribution in [0.25, 0.3) is 0 Å². The second kappa shape index (κ2) is 3.98. The molecule has 0 aromatic rings. The molecule has 2 rings (SSSR count). The lowest BCUT2D eigenvalue weighted by Gasteiger charge is -2.07. The average molecular weight is 196 g/mol. The summed E-state index contributed by atoms with van der Waals surface area (Å²) in [6.45, 7) is 0. The zero-order chi connectivity index (χ0) is 9.80. The highest BCUT2D eigenvalue weighted by molar-refractivity contribution is 6.68. The summed E-state index contributed by atoms with van der Waals surface area (Å²) in [4.78, 5) is 10.0. The van der Waals surface area contributed by atoms with Gasteiger partial charge in [0.1, 0.15) is 0 Å². The van der Waals surface area contributed by atoms with E-state index in [0.29, 0.717) is 0 Å². The third kappa shape index (κ3) is 1.77. The molecule has 0 amide bonds. The summed E-state index contributed by atoms with van der Waals surface area (Å²) in [6.07, 6.45) is 11.0. The second-order valence-corrected chi connectivity index (χ2v) is 4.95. The van der Waals surface area contributed by atoms with Crippen molar-refractivity contribution in [2.75, 3.05) is 0 Å². The quantitative estimate of drug-likeness (QED) is 0.523. The molecule has 0 aromatic heterocycles. The Hall–Kier alpha value is -1.74. The number of rotatable bonds is 2. The smallest absolute Gasteiger partial charge is 0.253 e. The van der Waals surface area contributed by atoms with E-state index < -0.39 is 9.04 Å². The predicted molar refractivity (Wildman–Crippen MR) is 57.9 cm³/mol. The van der Waals surface area contributed by atoms with E-state index in [-0.39, 0.29) is 0 Å². The van der Waals surface area contributed by atoms with Crippen molar-refractivity contribution in [2.45, 2.75) is 0 Å². The van der Waals surface area contributed by atoms with Gasteiger partial charge in [-0.25, -0.2) is 0 Å². The molecule has 0 atom stereocenters. The lowest BCUT2D eigenvalue weighted by molar-refractivity contribution is 0.592. The molecule has 2 heteroatoms. The molecule has 1 nitrogen and oxygen atoms in total. The van der Waals surface area contributed by atoms with E-state index in [4.69, 9.17) is 0 Å². The lowest BCUT2D eigenvalue weighted by atomic mass is 10.4. The van der Waals surface area contributed by atoms with Gasteiger partial charge in [-0.15, -0.1) is 0 Å². The molecule has 66 valence electrons. The highest BCUT2D eigenvalue weighted by Crippen LogP contribution is 2.11. The third-order valence-electron chi connectivity index (χ3n) is 1.93. The monoisotopic (exact) mass is 196 g/mol. The molecule has 14 heavy (non-hydrogen) atoms. The van der Waals surface area contributed by atoms with Crippen molar-refractivity contribution in [2.24, 2.45) is 0 Å². The van der Waals surface area contributed by atoms with E-state index in [1.807, 2.05) is 24.3 Å². The Morgan fingerprint density at radius 1 is 0.929 bits per heavy atom. The van der Waals surface area contributed by atoms with Crippen LogP contribution in [0.5, 0.6) is 0 Å². The predicted octanol–water partition coefficient (Wildman–Crippen LogP) is 1.39. The van der Waals surface area contributed by atoms with Gasteiger partial charge in [0.05, 0.1) is 0 Å². The lowest BCUT2D eigenvalue weighted by Crippen LogP contribution is -2.17. The fraction of sp³-hybridized carbons (Fsp3) is 0. The Labute approximate surface area is 84.1 Å². The van der Waals surface area contributed by atoms with Crippen LogP contribution in [0.15, 0.2) is 69.8 Å². The molecular formula is C12H8OSi. The minimum atomic E-state index is -2.09. The van der Waals surface area contributed by atoms with Gasteiger partial charge in [0.15, 0.2) is 0 Å². The highest BCUT2D eigenvalue weighted by atomic mass is 28.3. The van der Waals surface area contributed by atoms with Crippen molar-refractivity contribution in [1.29, 1.82) is 0 Å². The van der Waals surface area contributed by atoms with Gasteiger partial charge in [-0.05, 0) is 12.2 Å². The van der Waals surface area contributed by atoms with Crippen LogP contribution in [0, 0.1) is 0 Å². The Balaban J connectivity index is 2.38. The van der Waals surface area contributed by atoms with E-state index in [9.17, 15) is 4.80 Å². The molecule has 0 fully saturated rings. The van der Waals surface area contributed by atoms with E-state index in [1.165, 1.54) is 0 Å². The van der Waals surface area contributed by atoms with Gasteiger partial charge in [0.2, 0.25) is 0 Å². The Bertz CT molecular complexity index is 461. The van der Waals surface area contributed by atoms with E-state index in [2.05, 4.69) is 22.9 Å². The van der Waals surface area contributed by atoms with Crippen LogP contribution in [0.1, 0.15) is 0 Å². The first kappa shape index (κ1) is 8.84. The zero-order valence-electron chi connectivity index (χ0n) is 7.49. The summed E-state index contributed by atoms with van der Waals surface area (Å²) < 4.78 is 0. The molecule has 0 aromatic carbocycles. The summed E-state index contributed by atoms with van der Waals surface area (Å²) in [6, 6.07) is 0. The van der Waals surface area contributed by atoms with Crippen LogP contribution in [0.2, 0.25) is 0 Å². The van der Waals surface area contributed by atoms with Gasteiger partial charge in [0, 0.05) is 10.4 Å². The molecule has 0 radical (unpaired) electrons. The summed E-state index contributed by atoms with van der Waals surface area (Å²) in [7, 11) is -2.09. The summed E-state index contributed by atoms with van der Waals surface area (Å²) in [5.74, 6) is 0. The Morgan fingerprint density at radius 2 is 1.43 bits per heavy atom.